The molecule has 0 unspecified atom stereocenters. The molecule has 0 radical (unpaired) electrons. The molecule has 1 fully saturated rings. The van der Waals surface area contributed by atoms with Gasteiger partial charge in [-0.15, -0.1) is 0 Å². The smallest absolute Gasteiger partial charge is 0.242 e. The van der Waals surface area contributed by atoms with Gasteiger partial charge < -0.3 is 0 Å². The Morgan fingerprint density at radius 2 is 1.85 bits per heavy atom. The van der Waals surface area contributed by atoms with E-state index in [4.69, 9.17) is 0 Å². The Kier molecular flexibility index (Phi) is 2.40. The number of aromatic nitrogens is 1. The zero-order valence-electron chi connectivity index (χ0n) is 11.0. The second-order valence-electron chi connectivity index (χ2n) is 5.62. The fourth-order valence-corrected chi connectivity index (χ4v) is 5.10. The molecule has 0 atom stereocenters. The molecule has 2 aliphatic carbocycles. The van der Waals surface area contributed by atoms with E-state index in [1.54, 1.807) is 6.07 Å². The lowest BCUT2D eigenvalue weighted by Crippen LogP contribution is -2.22. The minimum Gasteiger partial charge on any atom is -0.294 e. The predicted octanol–water partition coefficient (Wildman–Crippen LogP) is 2.50. The van der Waals surface area contributed by atoms with Crippen LogP contribution in [0.1, 0.15) is 41.7 Å². The number of carbonyl (C=O) groups is 1. The minimum atomic E-state index is -3.35. The topological polar surface area (TPSA) is 56.1 Å². The van der Waals surface area contributed by atoms with Crippen LogP contribution >= 0.6 is 0 Å². The second kappa shape index (κ2) is 3.95. The summed E-state index contributed by atoms with van der Waals surface area (Å²) >= 11 is 0. The highest BCUT2D eigenvalue weighted by Gasteiger charge is 2.40. The van der Waals surface area contributed by atoms with E-state index in [0.717, 1.165) is 24.6 Å². The average Bonchev–Trinajstić information content (AvgIpc) is 3.21. The van der Waals surface area contributed by atoms with Crippen molar-refractivity contribution in [2.75, 3.05) is 0 Å². The number of nitrogens with zero attached hydrogens (tertiary/aromatic N) is 1. The molecule has 1 heterocycles. The molecule has 1 aromatic heterocycles. The van der Waals surface area contributed by atoms with Crippen LogP contribution in [0.3, 0.4) is 0 Å². The van der Waals surface area contributed by atoms with Gasteiger partial charge in [-0.2, -0.15) is 0 Å². The van der Waals surface area contributed by atoms with Gasteiger partial charge >= 0.3 is 0 Å². The SMILES string of the molecule is O=C1CCCc2c1c1ccccc1n2S(=O)(=O)C1CC1. The molecule has 104 valence electrons. The monoisotopic (exact) mass is 289 g/mol. The predicted molar refractivity (Wildman–Crippen MR) is 76.5 cm³/mol. The summed E-state index contributed by atoms with van der Waals surface area (Å²) in [6.45, 7) is 0. The molecule has 1 aromatic carbocycles. The summed E-state index contributed by atoms with van der Waals surface area (Å²) in [6.07, 6.45) is 3.39. The third-order valence-electron chi connectivity index (χ3n) is 4.22. The van der Waals surface area contributed by atoms with Gasteiger partial charge in [0.2, 0.25) is 10.0 Å². The first kappa shape index (κ1) is 12.1. The van der Waals surface area contributed by atoms with Crippen molar-refractivity contribution in [2.45, 2.75) is 37.4 Å². The third kappa shape index (κ3) is 1.53. The van der Waals surface area contributed by atoms with Crippen LogP contribution in [-0.2, 0) is 16.4 Å². The number of carbonyl (C=O) groups excluding carboxylic acids is 1. The number of rotatable bonds is 2. The molecular weight excluding hydrogens is 274 g/mol. The van der Waals surface area contributed by atoms with Crippen LogP contribution in [0.15, 0.2) is 24.3 Å². The summed E-state index contributed by atoms with van der Waals surface area (Å²) in [5.41, 5.74) is 2.00. The van der Waals surface area contributed by atoms with Crippen LogP contribution in [-0.4, -0.2) is 23.4 Å². The number of ketones is 1. The Morgan fingerprint density at radius 1 is 1.10 bits per heavy atom. The van der Waals surface area contributed by atoms with E-state index in [-0.39, 0.29) is 11.0 Å². The van der Waals surface area contributed by atoms with Crippen molar-refractivity contribution in [1.29, 1.82) is 0 Å². The van der Waals surface area contributed by atoms with E-state index in [0.29, 0.717) is 29.6 Å². The van der Waals surface area contributed by atoms with Gasteiger partial charge in [0, 0.05) is 23.1 Å². The molecular formula is C15H15NO3S. The van der Waals surface area contributed by atoms with Gasteiger partial charge in [0.25, 0.3) is 0 Å². The zero-order valence-corrected chi connectivity index (χ0v) is 11.8. The van der Waals surface area contributed by atoms with Crippen LogP contribution in [0.2, 0.25) is 0 Å². The van der Waals surface area contributed by atoms with Crippen LogP contribution in [0.5, 0.6) is 0 Å². The van der Waals surface area contributed by atoms with Crippen molar-refractivity contribution in [3.8, 4) is 0 Å². The largest absolute Gasteiger partial charge is 0.294 e. The molecule has 4 rings (SSSR count). The number of para-hydroxylation sites is 1. The normalized spacial score (nSPS) is 19.3. The van der Waals surface area contributed by atoms with Crippen molar-refractivity contribution >= 4 is 26.7 Å². The average molecular weight is 289 g/mol. The van der Waals surface area contributed by atoms with E-state index < -0.39 is 10.0 Å². The molecule has 0 bridgehead atoms. The van der Waals surface area contributed by atoms with Gasteiger partial charge in [-0.25, -0.2) is 12.4 Å². The Bertz CT molecular complexity index is 828. The molecule has 0 N–H and O–H groups in total. The maximum atomic E-state index is 12.7. The van der Waals surface area contributed by atoms with Gasteiger partial charge in [0.05, 0.1) is 10.8 Å². The Hall–Kier alpha value is -1.62. The number of fused-ring (bicyclic) bond motifs is 3. The lowest BCUT2D eigenvalue weighted by Gasteiger charge is -2.15. The highest BCUT2D eigenvalue weighted by Crippen LogP contribution is 2.38. The first-order chi connectivity index (χ1) is 9.60. The van der Waals surface area contributed by atoms with E-state index in [2.05, 4.69) is 0 Å². The minimum absolute atomic E-state index is 0.0761. The number of hydrogen-bond donors (Lipinski definition) is 0. The van der Waals surface area contributed by atoms with Crippen molar-refractivity contribution in [3.63, 3.8) is 0 Å². The summed E-state index contributed by atoms with van der Waals surface area (Å²) in [5.74, 6) is 0.0761. The summed E-state index contributed by atoms with van der Waals surface area (Å²) < 4.78 is 26.9. The first-order valence-electron chi connectivity index (χ1n) is 7.00. The maximum absolute atomic E-state index is 12.7. The first-order valence-corrected chi connectivity index (χ1v) is 8.51. The van der Waals surface area contributed by atoms with Crippen molar-refractivity contribution < 1.29 is 13.2 Å². The van der Waals surface area contributed by atoms with Gasteiger partial charge in [-0.1, -0.05) is 18.2 Å². The molecule has 1 saturated carbocycles. The second-order valence-corrected chi connectivity index (χ2v) is 7.69. The fourth-order valence-electron chi connectivity index (χ4n) is 3.15. The summed E-state index contributed by atoms with van der Waals surface area (Å²) in [6, 6.07) is 7.35. The number of benzene rings is 1. The molecule has 5 heteroatoms. The quantitative estimate of drug-likeness (QED) is 0.853. The molecule has 0 amide bonds. The molecule has 2 aromatic rings. The number of hydrogen-bond acceptors (Lipinski definition) is 3. The lowest BCUT2D eigenvalue weighted by atomic mass is 9.94. The van der Waals surface area contributed by atoms with E-state index in [9.17, 15) is 13.2 Å². The van der Waals surface area contributed by atoms with Crippen molar-refractivity contribution in [3.05, 3.63) is 35.5 Å². The van der Waals surface area contributed by atoms with Gasteiger partial charge in [0.15, 0.2) is 5.78 Å². The van der Waals surface area contributed by atoms with Crippen molar-refractivity contribution in [2.24, 2.45) is 0 Å². The maximum Gasteiger partial charge on any atom is 0.242 e. The Balaban J connectivity index is 2.13. The highest BCUT2D eigenvalue weighted by atomic mass is 32.2. The van der Waals surface area contributed by atoms with E-state index in [1.807, 2.05) is 18.2 Å². The zero-order chi connectivity index (χ0) is 13.9. The molecule has 0 spiro atoms. The summed E-state index contributed by atoms with van der Waals surface area (Å²) in [5, 5.41) is 0.524. The molecule has 0 aliphatic heterocycles. The number of Topliss-reactive ketones (excluding diaryl/α,β-unsaturated/α-hetero) is 1. The Labute approximate surface area is 117 Å². The van der Waals surface area contributed by atoms with Crippen LogP contribution in [0, 0.1) is 0 Å². The fraction of sp³-hybridized carbons (Fsp3) is 0.400. The summed E-state index contributed by atoms with van der Waals surface area (Å²) in [4.78, 5) is 12.2. The molecule has 4 nitrogen and oxygen atoms in total. The molecule has 0 saturated heterocycles. The summed E-state index contributed by atoms with van der Waals surface area (Å²) in [7, 11) is -3.35. The van der Waals surface area contributed by atoms with E-state index in [1.165, 1.54) is 3.97 Å². The highest BCUT2D eigenvalue weighted by molar-refractivity contribution is 7.91. The van der Waals surface area contributed by atoms with Gasteiger partial charge in [-0.3, -0.25) is 4.79 Å². The van der Waals surface area contributed by atoms with Crippen molar-refractivity contribution in [1.82, 2.24) is 3.97 Å². The van der Waals surface area contributed by atoms with Gasteiger partial charge in [-0.05, 0) is 31.7 Å². The lowest BCUT2D eigenvalue weighted by molar-refractivity contribution is 0.0974. The molecule has 2 aliphatic rings. The van der Waals surface area contributed by atoms with Crippen LogP contribution in [0.4, 0.5) is 0 Å². The standard InChI is InChI=1S/C15H15NO3S/c17-14-7-3-6-13-15(14)11-4-1-2-5-12(11)16(13)20(18,19)10-8-9-10/h1-2,4-5,10H,3,6-9H2. The van der Waals surface area contributed by atoms with Gasteiger partial charge in [0.1, 0.15) is 0 Å². The van der Waals surface area contributed by atoms with E-state index >= 15 is 0 Å². The molecule has 20 heavy (non-hydrogen) atoms. The van der Waals surface area contributed by atoms with Crippen LogP contribution < -0.4 is 0 Å². The third-order valence-corrected chi connectivity index (χ3v) is 6.46. The Morgan fingerprint density at radius 3 is 2.60 bits per heavy atom. The van der Waals surface area contributed by atoms with Crippen LogP contribution in [0.25, 0.3) is 10.9 Å².